The smallest absolute Gasteiger partial charge is 0.475 e. The van der Waals surface area contributed by atoms with Crippen molar-refractivity contribution in [2.75, 3.05) is 31.1 Å². The number of nitrogens with two attached hydrogens (primary N) is 1. The van der Waals surface area contributed by atoms with Gasteiger partial charge in [-0.2, -0.15) is 18.3 Å². The number of H-pyrrole nitrogens is 1. The number of alkyl halides is 3. The molecule has 1 atom stereocenters. The number of aliphatic carboxylic acids is 1. The van der Waals surface area contributed by atoms with Gasteiger partial charge in [0.05, 0.1) is 17.8 Å². The fraction of sp³-hybridized carbons (Fsp3) is 0.318. The van der Waals surface area contributed by atoms with E-state index in [1.165, 1.54) is 5.69 Å². The van der Waals surface area contributed by atoms with Crippen molar-refractivity contribution in [3.63, 3.8) is 0 Å². The maximum Gasteiger partial charge on any atom is 0.490 e. The van der Waals surface area contributed by atoms with Crippen LogP contribution in [0.15, 0.2) is 54.7 Å². The van der Waals surface area contributed by atoms with Crippen molar-refractivity contribution in [3.05, 3.63) is 60.3 Å². The van der Waals surface area contributed by atoms with Gasteiger partial charge >= 0.3 is 12.1 Å². The number of halogens is 3. The van der Waals surface area contributed by atoms with Gasteiger partial charge in [0.25, 0.3) is 0 Å². The van der Waals surface area contributed by atoms with Crippen LogP contribution in [0.2, 0.25) is 0 Å². The number of nitrogens with zero attached hydrogens (tertiary/aromatic N) is 3. The van der Waals surface area contributed by atoms with Gasteiger partial charge in [-0.05, 0) is 30.2 Å². The maximum atomic E-state index is 12.7. The first-order chi connectivity index (χ1) is 15.6. The van der Waals surface area contributed by atoms with Gasteiger partial charge in [-0.15, -0.1) is 0 Å². The topological polar surface area (TPSA) is 116 Å². The molecule has 0 spiro atoms. The largest absolute Gasteiger partial charge is 0.490 e. The molecule has 2 aromatic carbocycles. The summed E-state index contributed by atoms with van der Waals surface area (Å²) in [6.07, 6.45) is -2.67. The van der Waals surface area contributed by atoms with E-state index in [1.54, 1.807) is 0 Å². The number of amides is 1. The standard InChI is InChI=1S/C20H23N5O.C2HF3O2/c21-18(12-15-4-2-1-3-5-15)20(26)25-10-8-24(9-11-25)17-6-7-19-16(13-17)14-22-23-19;3-2(4,5)1(6)7/h1-7,13-14,18H,8-12,21H2,(H,22,23);(H,6,7)/t18-;/m1./s1. The number of benzene rings is 2. The molecule has 0 bridgehead atoms. The summed E-state index contributed by atoms with van der Waals surface area (Å²) in [5.74, 6) is -2.72. The van der Waals surface area contributed by atoms with Gasteiger partial charge < -0.3 is 20.6 Å². The Bertz CT molecular complexity index is 1080. The molecule has 1 aliphatic heterocycles. The molecule has 11 heteroatoms. The summed E-state index contributed by atoms with van der Waals surface area (Å²) in [4.78, 5) is 25.7. The molecule has 176 valence electrons. The minimum absolute atomic E-state index is 0.0405. The Morgan fingerprint density at radius 3 is 2.33 bits per heavy atom. The van der Waals surface area contributed by atoms with E-state index >= 15 is 0 Å². The van der Waals surface area contributed by atoms with E-state index in [-0.39, 0.29) is 5.91 Å². The van der Waals surface area contributed by atoms with Crippen molar-refractivity contribution in [1.29, 1.82) is 0 Å². The molecule has 0 aliphatic carbocycles. The second-order valence-corrected chi connectivity index (χ2v) is 7.55. The van der Waals surface area contributed by atoms with Crippen LogP contribution >= 0.6 is 0 Å². The molecule has 3 aromatic rings. The number of hydrogen-bond acceptors (Lipinski definition) is 5. The van der Waals surface area contributed by atoms with Gasteiger partial charge in [0, 0.05) is 37.3 Å². The number of carbonyl (C=O) groups is 2. The molecule has 4 N–H and O–H groups in total. The second kappa shape index (κ2) is 10.3. The van der Waals surface area contributed by atoms with Gasteiger partial charge in [-0.3, -0.25) is 9.89 Å². The number of carboxylic acids is 1. The van der Waals surface area contributed by atoms with Crippen LogP contribution in [-0.2, 0) is 16.0 Å². The minimum Gasteiger partial charge on any atom is -0.475 e. The van der Waals surface area contributed by atoms with Crippen LogP contribution in [-0.4, -0.2) is 70.5 Å². The molecule has 1 aliphatic rings. The molecule has 1 aromatic heterocycles. The Morgan fingerprint density at radius 1 is 1.09 bits per heavy atom. The number of aromatic amines is 1. The van der Waals surface area contributed by atoms with E-state index < -0.39 is 18.2 Å². The number of carbonyl (C=O) groups excluding carboxylic acids is 1. The number of rotatable bonds is 4. The minimum atomic E-state index is -5.08. The first-order valence-corrected chi connectivity index (χ1v) is 10.2. The summed E-state index contributed by atoms with van der Waals surface area (Å²) in [5.41, 5.74) is 9.46. The summed E-state index contributed by atoms with van der Waals surface area (Å²) in [6.45, 7) is 3.02. The Balaban J connectivity index is 0.000000383. The van der Waals surface area contributed by atoms with Crippen LogP contribution in [0.4, 0.5) is 18.9 Å². The predicted molar refractivity (Wildman–Crippen MR) is 117 cm³/mol. The third-order valence-corrected chi connectivity index (χ3v) is 5.24. The predicted octanol–water partition coefficient (Wildman–Crippen LogP) is 2.41. The Hall–Kier alpha value is -3.60. The molecule has 2 heterocycles. The summed E-state index contributed by atoms with van der Waals surface area (Å²) >= 11 is 0. The van der Waals surface area contributed by atoms with Crippen LogP contribution in [0.3, 0.4) is 0 Å². The number of fused-ring (bicyclic) bond motifs is 1. The van der Waals surface area contributed by atoms with Crippen molar-refractivity contribution < 1.29 is 27.9 Å². The molecule has 1 saturated heterocycles. The van der Waals surface area contributed by atoms with E-state index in [2.05, 4.69) is 27.2 Å². The van der Waals surface area contributed by atoms with E-state index in [0.717, 1.165) is 29.6 Å². The van der Waals surface area contributed by atoms with E-state index in [1.807, 2.05) is 47.5 Å². The molecular weight excluding hydrogens is 439 g/mol. The molecule has 0 unspecified atom stereocenters. The van der Waals surface area contributed by atoms with E-state index in [9.17, 15) is 18.0 Å². The van der Waals surface area contributed by atoms with Gasteiger partial charge in [0.1, 0.15) is 0 Å². The van der Waals surface area contributed by atoms with E-state index in [0.29, 0.717) is 19.5 Å². The number of hydrogen-bond donors (Lipinski definition) is 3. The maximum absolute atomic E-state index is 12.7. The third kappa shape index (κ3) is 6.45. The quantitative estimate of drug-likeness (QED) is 0.547. The fourth-order valence-electron chi connectivity index (χ4n) is 3.50. The normalized spacial score (nSPS) is 15.0. The molecule has 33 heavy (non-hydrogen) atoms. The lowest BCUT2D eigenvalue weighted by molar-refractivity contribution is -0.192. The number of carboxylic acid groups (broad SMARTS) is 1. The van der Waals surface area contributed by atoms with Crippen LogP contribution in [0.25, 0.3) is 10.9 Å². The highest BCUT2D eigenvalue weighted by Crippen LogP contribution is 2.22. The lowest BCUT2D eigenvalue weighted by atomic mass is 10.1. The zero-order valence-electron chi connectivity index (χ0n) is 17.6. The Morgan fingerprint density at radius 2 is 1.73 bits per heavy atom. The van der Waals surface area contributed by atoms with Gasteiger partial charge in [0.2, 0.25) is 5.91 Å². The SMILES string of the molecule is N[C@H](Cc1ccccc1)C(=O)N1CCN(c2ccc3[nH]ncc3c2)CC1.O=C(O)C(F)(F)F. The van der Waals surface area contributed by atoms with E-state index in [4.69, 9.17) is 15.6 Å². The molecule has 4 rings (SSSR count). The lowest BCUT2D eigenvalue weighted by Gasteiger charge is -2.37. The first kappa shape index (κ1) is 24.1. The monoisotopic (exact) mass is 463 g/mol. The summed E-state index contributed by atoms with van der Waals surface area (Å²) < 4.78 is 31.7. The molecule has 1 amide bonds. The fourth-order valence-corrected chi connectivity index (χ4v) is 3.50. The van der Waals surface area contributed by atoms with Gasteiger partial charge in [-0.25, -0.2) is 4.79 Å². The van der Waals surface area contributed by atoms with Crippen molar-refractivity contribution >= 4 is 28.5 Å². The van der Waals surface area contributed by atoms with Gasteiger partial charge in [-0.1, -0.05) is 30.3 Å². The molecular formula is C22H24F3N5O3. The van der Waals surface area contributed by atoms with Gasteiger partial charge in [0.15, 0.2) is 0 Å². The number of anilines is 1. The Kier molecular flexibility index (Phi) is 7.54. The Labute approximate surface area is 187 Å². The van der Waals surface area contributed by atoms with Crippen LogP contribution in [0.5, 0.6) is 0 Å². The lowest BCUT2D eigenvalue weighted by Crippen LogP contribution is -2.53. The zero-order chi connectivity index (χ0) is 24.0. The molecule has 0 saturated carbocycles. The van der Waals surface area contributed by atoms with Crippen molar-refractivity contribution in [3.8, 4) is 0 Å². The number of piperazine rings is 1. The summed E-state index contributed by atoms with van der Waals surface area (Å²) in [6, 6.07) is 15.7. The average molecular weight is 463 g/mol. The average Bonchev–Trinajstić information content (AvgIpc) is 3.27. The summed E-state index contributed by atoms with van der Waals surface area (Å²) in [7, 11) is 0. The number of aromatic nitrogens is 2. The highest BCUT2D eigenvalue weighted by molar-refractivity contribution is 5.83. The zero-order valence-corrected chi connectivity index (χ0v) is 17.6. The van der Waals surface area contributed by atoms with Crippen LogP contribution in [0.1, 0.15) is 5.56 Å². The highest BCUT2D eigenvalue weighted by atomic mass is 19.4. The van der Waals surface area contributed by atoms with Crippen molar-refractivity contribution in [1.82, 2.24) is 15.1 Å². The van der Waals surface area contributed by atoms with Crippen molar-refractivity contribution in [2.45, 2.75) is 18.6 Å². The highest BCUT2D eigenvalue weighted by Gasteiger charge is 2.38. The molecule has 0 radical (unpaired) electrons. The number of nitrogens with one attached hydrogen (secondary N) is 1. The summed E-state index contributed by atoms with van der Waals surface area (Å²) in [5, 5.41) is 15.3. The second-order valence-electron chi connectivity index (χ2n) is 7.55. The molecule has 8 nitrogen and oxygen atoms in total. The third-order valence-electron chi connectivity index (χ3n) is 5.24. The van der Waals surface area contributed by atoms with Crippen LogP contribution in [0, 0.1) is 0 Å². The van der Waals surface area contributed by atoms with Crippen molar-refractivity contribution in [2.24, 2.45) is 5.73 Å². The first-order valence-electron chi connectivity index (χ1n) is 10.2. The van der Waals surface area contributed by atoms with Crippen LogP contribution < -0.4 is 10.6 Å². The molecule has 1 fully saturated rings.